The minimum Gasteiger partial charge on any atom is -0.385 e. The molecule has 0 unspecified atom stereocenters. The Morgan fingerprint density at radius 3 is 2.88 bits per heavy atom. The number of nitrogens with zero attached hydrogens (tertiary/aromatic N) is 2. The number of imidazole rings is 1. The molecule has 0 bridgehead atoms. The summed E-state index contributed by atoms with van der Waals surface area (Å²) in [4.78, 5) is 4.36. The normalized spacial score (nSPS) is 11.3. The van der Waals surface area contributed by atoms with Gasteiger partial charge in [-0.25, -0.2) is 4.98 Å². The van der Waals surface area contributed by atoms with Crippen LogP contribution >= 0.6 is 0 Å². The number of methoxy groups -OCH3 is 1. The zero-order chi connectivity index (χ0) is 12.0. The first-order valence-corrected chi connectivity index (χ1v) is 5.88. The summed E-state index contributed by atoms with van der Waals surface area (Å²) in [7, 11) is 1.74. The number of hydrogen-bond acceptors (Lipinski definition) is 3. The zero-order valence-corrected chi connectivity index (χ0v) is 10.8. The molecule has 16 heavy (non-hydrogen) atoms. The Hall–Kier alpha value is -0.870. The molecule has 0 spiro atoms. The highest BCUT2D eigenvalue weighted by atomic mass is 16.5. The van der Waals surface area contributed by atoms with E-state index in [0.29, 0.717) is 6.04 Å². The lowest BCUT2D eigenvalue weighted by Crippen LogP contribution is -2.23. The smallest absolute Gasteiger partial charge is 0.105 e. The van der Waals surface area contributed by atoms with Crippen molar-refractivity contribution < 1.29 is 4.74 Å². The predicted molar refractivity (Wildman–Crippen MR) is 65.4 cm³/mol. The van der Waals surface area contributed by atoms with Gasteiger partial charge in [0, 0.05) is 39.0 Å². The number of ether oxygens (including phenoxy) is 1. The van der Waals surface area contributed by atoms with Crippen LogP contribution in [0.3, 0.4) is 0 Å². The van der Waals surface area contributed by atoms with Crippen molar-refractivity contribution in [1.29, 1.82) is 0 Å². The number of aryl methyl sites for hydroxylation is 1. The molecule has 1 rings (SSSR count). The monoisotopic (exact) mass is 225 g/mol. The van der Waals surface area contributed by atoms with E-state index in [1.165, 1.54) is 5.69 Å². The summed E-state index contributed by atoms with van der Waals surface area (Å²) >= 11 is 0. The van der Waals surface area contributed by atoms with Crippen molar-refractivity contribution in [3.63, 3.8) is 0 Å². The van der Waals surface area contributed by atoms with Gasteiger partial charge in [-0.3, -0.25) is 0 Å². The Bertz CT molecular complexity index is 307. The third-order valence-electron chi connectivity index (χ3n) is 2.56. The van der Waals surface area contributed by atoms with E-state index in [1.807, 2.05) is 13.1 Å². The molecule has 0 aliphatic heterocycles. The summed E-state index contributed by atoms with van der Waals surface area (Å²) in [5.41, 5.74) is 1.25. The van der Waals surface area contributed by atoms with Crippen molar-refractivity contribution in [2.45, 2.75) is 46.3 Å². The van der Waals surface area contributed by atoms with E-state index in [-0.39, 0.29) is 0 Å². The van der Waals surface area contributed by atoms with Crippen molar-refractivity contribution in [2.24, 2.45) is 0 Å². The molecule has 1 aromatic rings. The first kappa shape index (κ1) is 13.2. The van der Waals surface area contributed by atoms with Gasteiger partial charge in [-0.05, 0) is 13.3 Å². The Balaban J connectivity index is 2.55. The van der Waals surface area contributed by atoms with Gasteiger partial charge in [0.15, 0.2) is 0 Å². The highest BCUT2D eigenvalue weighted by molar-refractivity contribution is 5.04. The van der Waals surface area contributed by atoms with Gasteiger partial charge >= 0.3 is 0 Å². The van der Waals surface area contributed by atoms with Gasteiger partial charge in [0.05, 0.1) is 5.69 Å². The van der Waals surface area contributed by atoms with E-state index in [9.17, 15) is 0 Å². The summed E-state index contributed by atoms with van der Waals surface area (Å²) in [6, 6.07) is 0.502. The number of nitrogens with one attached hydrogen (secondary N) is 1. The second-order valence-corrected chi connectivity index (χ2v) is 4.33. The average Bonchev–Trinajstić information content (AvgIpc) is 2.58. The summed E-state index contributed by atoms with van der Waals surface area (Å²) in [5, 5.41) is 3.41. The van der Waals surface area contributed by atoms with Gasteiger partial charge in [-0.2, -0.15) is 0 Å². The fourth-order valence-electron chi connectivity index (χ4n) is 1.64. The van der Waals surface area contributed by atoms with Gasteiger partial charge in [0.1, 0.15) is 5.82 Å². The molecule has 1 heterocycles. The molecular formula is C12H23N3O. The molecule has 1 aromatic heterocycles. The van der Waals surface area contributed by atoms with Crippen LogP contribution in [0, 0.1) is 6.92 Å². The van der Waals surface area contributed by atoms with Gasteiger partial charge in [-0.1, -0.05) is 13.8 Å². The Kier molecular flexibility index (Phi) is 5.49. The summed E-state index contributed by atoms with van der Waals surface area (Å²) in [6.45, 7) is 9.01. The lowest BCUT2D eigenvalue weighted by atomic mass is 10.3. The standard InChI is InChI=1S/C12H23N3O/c1-10(2)13-8-12-9-14-11(3)15(12)6-5-7-16-4/h9-10,13H,5-8H2,1-4H3. The molecule has 0 fully saturated rings. The lowest BCUT2D eigenvalue weighted by molar-refractivity contribution is 0.189. The van der Waals surface area contributed by atoms with Crippen molar-refractivity contribution in [3.05, 3.63) is 17.7 Å². The van der Waals surface area contributed by atoms with Crippen LogP contribution in [0.1, 0.15) is 31.8 Å². The van der Waals surface area contributed by atoms with Crippen LogP contribution in [0.15, 0.2) is 6.20 Å². The minimum absolute atomic E-state index is 0.502. The van der Waals surface area contributed by atoms with Gasteiger partial charge in [-0.15, -0.1) is 0 Å². The molecule has 0 aromatic carbocycles. The summed E-state index contributed by atoms with van der Waals surface area (Å²) < 4.78 is 7.33. The molecule has 0 aliphatic rings. The maximum Gasteiger partial charge on any atom is 0.105 e. The second kappa shape index (κ2) is 6.66. The number of aromatic nitrogens is 2. The molecule has 0 saturated heterocycles. The number of hydrogen-bond donors (Lipinski definition) is 1. The second-order valence-electron chi connectivity index (χ2n) is 4.33. The van der Waals surface area contributed by atoms with Crippen molar-refractivity contribution in [1.82, 2.24) is 14.9 Å². The highest BCUT2D eigenvalue weighted by Gasteiger charge is 2.06. The molecular weight excluding hydrogens is 202 g/mol. The van der Waals surface area contributed by atoms with E-state index in [4.69, 9.17) is 4.74 Å². The van der Waals surface area contributed by atoms with E-state index in [2.05, 4.69) is 28.7 Å². The van der Waals surface area contributed by atoms with Crippen LogP contribution in [-0.2, 0) is 17.8 Å². The van der Waals surface area contributed by atoms with Crippen LogP contribution in [0.2, 0.25) is 0 Å². The molecule has 0 radical (unpaired) electrons. The molecule has 4 nitrogen and oxygen atoms in total. The molecule has 0 amide bonds. The van der Waals surface area contributed by atoms with Crippen molar-refractivity contribution in [2.75, 3.05) is 13.7 Å². The SMILES string of the molecule is COCCCn1c(CNC(C)C)cnc1C. The van der Waals surface area contributed by atoms with Gasteiger partial charge < -0.3 is 14.6 Å². The van der Waals surface area contributed by atoms with Crippen LogP contribution in [0.4, 0.5) is 0 Å². The molecule has 0 aliphatic carbocycles. The maximum absolute atomic E-state index is 5.07. The Morgan fingerprint density at radius 2 is 2.25 bits per heavy atom. The summed E-state index contributed by atoms with van der Waals surface area (Å²) in [6.07, 6.45) is 2.99. The van der Waals surface area contributed by atoms with Gasteiger partial charge in [0.25, 0.3) is 0 Å². The lowest BCUT2D eigenvalue weighted by Gasteiger charge is -2.12. The van der Waals surface area contributed by atoms with E-state index >= 15 is 0 Å². The van der Waals surface area contributed by atoms with Gasteiger partial charge in [0.2, 0.25) is 0 Å². The topological polar surface area (TPSA) is 39.1 Å². The van der Waals surface area contributed by atoms with Crippen molar-refractivity contribution >= 4 is 0 Å². The fourth-order valence-corrected chi connectivity index (χ4v) is 1.64. The van der Waals surface area contributed by atoms with E-state index in [0.717, 1.165) is 31.9 Å². The Morgan fingerprint density at radius 1 is 1.50 bits per heavy atom. The molecule has 92 valence electrons. The molecule has 0 atom stereocenters. The minimum atomic E-state index is 0.502. The Labute approximate surface area is 98.0 Å². The largest absolute Gasteiger partial charge is 0.385 e. The third kappa shape index (κ3) is 3.94. The first-order chi connectivity index (χ1) is 7.65. The van der Waals surface area contributed by atoms with Crippen LogP contribution in [-0.4, -0.2) is 29.3 Å². The first-order valence-electron chi connectivity index (χ1n) is 5.88. The molecule has 4 heteroatoms. The highest BCUT2D eigenvalue weighted by Crippen LogP contribution is 2.06. The summed E-state index contributed by atoms with van der Waals surface area (Å²) in [5.74, 6) is 1.08. The van der Waals surface area contributed by atoms with Crippen LogP contribution in [0.5, 0.6) is 0 Å². The zero-order valence-electron chi connectivity index (χ0n) is 10.8. The average molecular weight is 225 g/mol. The quantitative estimate of drug-likeness (QED) is 0.718. The van der Waals surface area contributed by atoms with Crippen molar-refractivity contribution in [3.8, 4) is 0 Å². The maximum atomic E-state index is 5.07. The molecule has 0 saturated carbocycles. The van der Waals surface area contributed by atoms with Crippen LogP contribution in [0.25, 0.3) is 0 Å². The molecule has 1 N–H and O–H groups in total. The number of rotatable bonds is 7. The predicted octanol–water partition coefficient (Wildman–Crippen LogP) is 1.73. The van der Waals surface area contributed by atoms with E-state index < -0.39 is 0 Å². The van der Waals surface area contributed by atoms with Crippen LogP contribution < -0.4 is 5.32 Å². The fraction of sp³-hybridized carbons (Fsp3) is 0.750. The third-order valence-corrected chi connectivity index (χ3v) is 2.56. The van der Waals surface area contributed by atoms with E-state index in [1.54, 1.807) is 7.11 Å².